The summed E-state index contributed by atoms with van der Waals surface area (Å²) in [7, 11) is 0. The van der Waals surface area contributed by atoms with Crippen LogP contribution in [0.25, 0.3) is 0 Å². The Balaban J connectivity index is 2.74. The van der Waals surface area contributed by atoms with Crippen LogP contribution in [0, 0.1) is 10.1 Å². The molecule has 25 heavy (non-hydrogen) atoms. The molecular weight excluding hydrogens is 334 g/mol. The first kappa shape index (κ1) is 20.0. The average Bonchev–Trinajstić information content (AvgIpc) is 2.49. The zero-order valence-corrected chi connectivity index (χ0v) is 14.0. The predicted molar refractivity (Wildman–Crippen MR) is 86.9 cm³/mol. The maximum atomic E-state index is 11.9. The van der Waals surface area contributed by atoms with Crippen molar-refractivity contribution in [3.05, 3.63) is 33.9 Å². The van der Waals surface area contributed by atoms with E-state index in [0.717, 1.165) is 17.2 Å². The molecule has 1 aromatic rings. The summed E-state index contributed by atoms with van der Waals surface area (Å²) in [6.45, 7) is 5.22. The van der Waals surface area contributed by atoms with E-state index >= 15 is 0 Å². The Bertz CT molecular complexity index is 682. The fourth-order valence-electron chi connectivity index (χ4n) is 1.85. The molecule has 0 spiro atoms. The van der Waals surface area contributed by atoms with Crippen molar-refractivity contribution in [1.82, 2.24) is 5.06 Å². The fourth-order valence-corrected chi connectivity index (χ4v) is 1.85. The van der Waals surface area contributed by atoms with Crippen LogP contribution in [0.3, 0.4) is 0 Å². The smallest absolute Gasteiger partial charge is 0.342 e. The van der Waals surface area contributed by atoms with E-state index in [9.17, 15) is 24.5 Å². The Hall–Kier alpha value is -3.01. The number of carboxylic acid groups (broad SMARTS) is 1. The van der Waals surface area contributed by atoms with Crippen LogP contribution in [0.1, 0.15) is 37.6 Å². The van der Waals surface area contributed by atoms with Gasteiger partial charge in [0.2, 0.25) is 12.3 Å². The minimum absolute atomic E-state index is 0.00856. The Kier molecular flexibility index (Phi) is 6.57. The monoisotopic (exact) mass is 353 g/mol. The van der Waals surface area contributed by atoms with Gasteiger partial charge in [0.25, 0.3) is 5.69 Å². The number of nitro groups is 1. The fraction of sp³-hybridized carbons (Fsp3) is 0.400. The van der Waals surface area contributed by atoms with Crippen LogP contribution < -0.4 is 5.32 Å². The molecule has 0 unspecified atom stereocenters. The van der Waals surface area contributed by atoms with Gasteiger partial charge in [-0.2, -0.15) is 0 Å². The van der Waals surface area contributed by atoms with E-state index in [4.69, 9.17) is 9.94 Å². The molecule has 2 amide bonds. The summed E-state index contributed by atoms with van der Waals surface area (Å²) in [6.07, 6.45) is 0.348. The van der Waals surface area contributed by atoms with Gasteiger partial charge in [-0.05, 0) is 32.9 Å². The molecule has 2 N–H and O–H groups in total. The average molecular weight is 353 g/mol. The number of carboxylic acids is 1. The van der Waals surface area contributed by atoms with E-state index in [1.54, 1.807) is 20.8 Å². The normalized spacial score (nSPS) is 10.8. The van der Waals surface area contributed by atoms with Gasteiger partial charge in [0, 0.05) is 18.2 Å². The molecule has 0 saturated heterocycles. The number of hydrogen-bond acceptors (Lipinski definition) is 6. The van der Waals surface area contributed by atoms with Gasteiger partial charge in [-0.1, -0.05) is 0 Å². The summed E-state index contributed by atoms with van der Waals surface area (Å²) in [5.74, 6) is -1.98. The third-order valence-corrected chi connectivity index (χ3v) is 2.78. The van der Waals surface area contributed by atoms with Crippen LogP contribution in [-0.4, -0.2) is 45.5 Å². The second kappa shape index (κ2) is 8.20. The summed E-state index contributed by atoms with van der Waals surface area (Å²) in [4.78, 5) is 49.2. The third kappa shape index (κ3) is 6.55. The molecule has 10 nitrogen and oxygen atoms in total. The molecule has 1 aromatic carbocycles. The Labute approximate surface area is 143 Å². The molecule has 0 aliphatic carbocycles. The lowest BCUT2D eigenvalue weighted by Gasteiger charge is -2.26. The summed E-state index contributed by atoms with van der Waals surface area (Å²) >= 11 is 0. The number of anilines is 1. The number of aromatic carboxylic acids is 1. The van der Waals surface area contributed by atoms with E-state index in [1.165, 1.54) is 6.07 Å². The van der Waals surface area contributed by atoms with E-state index in [0.29, 0.717) is 6.41 Å². The van der Waals surface area contributed by atoms with Crippen molar-refractivity contribution in [3.63, 3.8) is 0 Å². The Morgan fingerprint density at radius 1 is 1.40 bits per heavy atom. The molecule has 1 rings (SSSR count). The van der Waals surface area contributed by atoms with Gasteiger partial charge in [0.1, 0.15) is 5.56 Å². The highest BCUT2D eigenvalue weighted by atomic mass is 16.7. The van der Waals surface area contributed by atoms with Crippen LogP contribution in [0.4, 0.5) is 11.4 Å². The number of carbonyl (C=O) groups excluding carboxylic acids is 2. The number of hydroxylamine groups is 2. The zero-order chi connectivity index (χ0) is 19.2. The van der Waals surface area contributed by atoms with Crippen LogP contribution in [0.2, 0.25) is 0 Å². The minimum atomic E-state index is -1.48. The molecule has 0 aliphatic heterocycles. The Morgan fingerprint density at radius 3 is 2.52 bits per heavy atom. The Morgan fingerprint density at radius 2 is 2.04 bits per heavy atom. The van der Waals surface area contributed by atoms with Gasteiger partial charge >= 0.3 is 5.97 Å². The molecule has 0 aliphatic rings. The lowest BCUT2D eigenvalue weighted by molar-refractivity contribution is -0.385. The summed E-state index contributed by atoms with van der Waals surface area (Å²) in [5.41, 5.74) is -1.61. The summed E-state index contributed by atoms with van der Waals surface area (Å²) < 4.78 is 0. The molecule has 0 saturated carbocycles. The number of nitro benzene ring substituents is 1. The largest absolute Gasteiger partial charge is 0.477 e. The van der Waals surface area contributed by atoms with Gasteiger partial charge in [-0.15, -0.1) is 0 Å². The molecule has 0 aromatic heterocycles. The first-order valence-electron chi connectivity index (χ1n) is 7.26. The van der Waals surface area contributed by atoms with Crippen molar-refractivity contribution in [1.29, 1.82) is 0 Å². The first-order chi connectivity index (χ1) is 11.5. The van der Waals surface area contributed by atoms with Crippen LogP contribution in [0.5, 0.6) is 0 Å². The number of nitrogens with zero attached hydrogens (tertiary/aromatic N) is 2. The van der Waals surface area contributed by atoms with E-state index < -0.39 is 33.7 Å². The highest BCUT2D eigenvalue weighted by molar-refractivity contribution is 5.96. The number of benzene rings is 1. The molecule has 0 bridgehead atoms. The molecule has 136 valence electrons. The van der Waals surface area contributed by atoms with Crippen molar-refractivity contribution in [3.8, 4) is 0 Å². The van der Waals surface area contributed by atoms with Gasteiger partial charge in [-0.3, -0.25) is 24.5 Å². The number of amides is 2. The highest BCUT2D eigenvalue weighted by Gasteiger charge is 2.21. The second-order valence-electron chi connectivity index (χ2n) is 6.04. The highest BCUT2D eigenvalue weighted by Crippen LogP contribution is 2.22. The van der Waals surface area contributed by atoms with Crippen LogP contribution in [0.15, 0.2) is 18.2 Å². The van der Waals surface area contributed by atoms with Crippen LogP contribution >= 0.6 is 0 Å². The second-order valence-corrected chi connectivity index (χ2v) is 6.04. The molecule has 0 atom stereocenters. The van der Waals surface area contributed by atoms with Crippen molar-refractivity contribution in [2.75, 3.05) is 11.9 Å². The number of hydrogen-bond donors (Lipinski definition) is 2. The van der Waals surface area contributed by atoms with Crippen molar-refractivity contribution in [2.24, 2.45) is 0 Å². The summed E-state index contributed by atoms with van der Waals surface area (Å²) in [5, 5.41) is 23.2. The van der Waals surface area contributed by atoms with Gasteiger partial charge in [0.05, 0.1) is 17.1 Å². The molecule has 0 heterocycles. The first-order valence-corrected chi connectivity index (χ1v) is 7.26. The quantitative estimate of drug-likeness (QED) is 0.413. The molecule has 0 radical (unpaired) electrons. The van der Waals surface area contributed by atoms with Crippen molar-refractivity contribution >= 4 is 29.7 Å². The van der Waals surface area contributed by atoms with Crippen molar-refractivity contribution < 1.29 is 29.3 Å². The van der Waals surface area contributed by atoms with Crippen molar-refractivity contribution in [2.45, 2.75) is 32.8 Å². The van der Waals surface area contributed by atoms with Gasteiger partial charge in [-0.25, -0.2) is 9.86 Å². The van der Waals surface area contributed by atoms with E-state index in [-0.39, 0.29) is 18.7 Å². The number of nitrogens with one attached hydrogen (secondary N) is 1. The molecule has 0 fully saturated rings. The standard InChI is InChI=1S/C15H19N3O7/c1-15(2,3)25-17(9-19)7-6-13(20)16-10-4-5-12(18(23)24)11(8-10)14(21)22/h4-5,8-9H,6-7H2,1-3H3,(H,16,20)(H,21,22). The third-order valence-electron chi connectivity index (χ3n) is 2.78. The summed E-state index contributed by atoms with van der Waals surface area (Å²) in [6, 6.07) is 3.23. The predicted octanol–water partition coefficient (Wildman–Crippen LogP) is 1.81. The van der Waals surface area contributed by atoms with E-state index in [1.807, 2.05) is 0 Å². The SMILES string of the molecule is CC(C)(C)ON(C=O)CCC(=O)Nc1ccc([N+](=O)[O-])c(C(=O)O)c1. The topological polar surface area (TPSA) is 139 Å². The lowest BCUT2D eigenvalue weighted by atomic mass is 10.1. The van der Waals surface area contributed by atoms with Gasteiger partial charge in [0.15, 0.2) is 0 Å². The molecular formula is C15H19N3O7. The maximum Gasteiger partial charge on any atom is 0.342 e. The van der Waals surface area contributed by atoms with E-state index in [2.05, 4.69) is 5.32 Å². The lowest BCUT2D eigenvalue weighted by Crippen LogP contribution is -2.35. The molecule has 10 heteroatoms. The minimum Gasteiger partial charge on any atom is -0.477 e. The number of carbonyl (C=O) groups is 3. The zero-order valence-electron chi connectivity index (χ0n) is 14.0. The van der Waals surface area contributed by atoms with Gasteiger partial charge < -0.3 is 10.4 Å². The van der Waals surface area contributed by atoms with Crippen LogP contribution in [-0.2, 0) is 14.4 Å². The maximum absolute atomic E-state index is 11.9. The number of rotatable bonds is 8.